The molecular formula is C31H32N6. The highest BCUT2D eigenvalue weighted by Gasteiger charge is 2.34. The Morgan fingerprint density at radius 1 is 0.892 bits per heavy atom. The third kappa shape index (κ3) is 4.07. The summed E-state index contributed by atoms with van der Waals surface area (Å²) in [5.74, 6) is 1.15. The van der Waals surface area contributed by atoms with Crippen LogP contribution in [0.1, 0.15) is 51.2 Å². The molecule has 0 bridgehead atoms. The van der Waals surface area contributed by atoms with Crippen molar-refractivity contribution in [2.75, 3.05) is 5.73 Å². The van der Waals surface area contributed by atoms with E-state index in [0.29, 0.717) is 11.6 Å². The molecule has 0 amide bonds. The Balaban J connectivity index is 1.54. The average molecular weight is 489 g/mol. The number of nitrogens with zero attached hydrogens (tertiary/aromatic N) is 4. The number of aromatic nitrogens is 4. The lowest BCUT2D eigenvalue weighted by molar-refractivity contribution is 0.253. The number of fused-ring (bicyclic) bond motifs is 1. The van der Waals surface area contributed by atoms with E-state index in [9.17, 15) is 0 Å². The van der Waals surface area contributed by atoms with E-state index in [0.717, 1.165) is 46.5 Å². The number of nitrogens with two attached hydrogens (primary N) is 2. The van der Waals surface area contributed by atoms with Crippen LogP contribution >= 0.6 is 0 Å². The van der Waals surface area contributed by atoms with Crippen molar-refractivity contribution < 1.29 is 0 Å². The first-order chi connectivity index (χ1) is 17.7. The second kappa shape index (κ2) is 8.53. The fraction of sp³-hybridized carbons (Fsp3) is 0.258. The Morgan fingerprint density at radius 2 is 1.68 bits per heavy atom. The summed E-state index contributed by atoms with van der Waals surface area (Å²) in [5.41, 5.74) is 20.5. The SMILES string of the molecule is CC(C)(C)c1cccc(-c2ccc3nc(-c4cccnc4N)n(-c4ccc(C5(N)CCC5)cc4)c3n2)c1. The molecule has 4 N–H and O–H groups in total. The van der Waals surface area contributed by atoms with Crippen LogP contribution in [0.2, 0.25) is 0 Å². The Kier molecular flexibility index (Phi) is 5.39. The van der Waals surface area contributed by atoms with Crippen LogP contribution in [0.15, 0.2) is 79.0 Å². The molecule has 0 unspecified atom stereocenters. The molecule has 1 aliphatic rings. The van der Waals surface area contributed by atoms with Gasteiger partial charge in [-0.15, -0.1) is 0 Å². The van der Waals surface area contributed by atoms with E-state index in [1.165, 1.54) is 17.5 Å². The molecule has 1 fully saturated rings. The van der Waals surface area contributed by atoms with E-state index in [-0.39, 0.29) is 11.0 Å². The topological polar surface area (TPSA) is 95.6 Å². The molecular weight excluding hydrogens is 456 g/mol. The molecule has 0 atom stereocenters. The van der Waals surface area contributed by atoms with E-state index in [4.69, 9.17) is 21.4 Å². The van der Waals surface area contributed by atoms with Crippen molar-refractivity contribution in [3.63, 3.8) is 0 Å². The summed E-state index contributed by atoms with van der Waals surface area (Å²) in [6.07, 6.45) is 4.92. The first-order valence-corrected chi connectivity index (χ1v) is 12.8. The highest BCUT2D eigenvalue weighted by molar-refractivity contribution is 5.84. The molecule has 0 aliphatic heterocycles. The highest BCUT2D eigenvalue weighted by Crippen LogP contribution is 2.39. The monoisotopic (exact) mass is 488 g/mol. The zero-order valence-corrected chi connectivity index (χ0v) is 21.6. The smallest absolute Gasteiger partial charge is 0.165 e. The van der Waals surface area contributed by atoms with Gasteiger partial charge in [-0.3, -0.25) is 4.57 Å². The van der Waals surface area contributed by atoms with Crippen molar-refractivity contribution in [3.05, 3.63) is 90.1 Å². The normalized spacial score (nSPS) is 15.0. The molecule has 6 rings (SSSR count). The zero-order valence-electron chi connectivity index (χ0n) is 21.6. The summed E-state index contributed by atoms with van der Waals surface area (Å²) >= 11 is 0. The molecule has 1 saturated carbocycles. The van der Waals surface area contributed by atoms with Crippen LogP contribution in [0, 0.1) is 0 Å². The number of anilines is 1. The van der Waals surface area contributed by atoms with Crippen molar-refractivity contribution in [2.24, 2.45) is 5.73 Å². The van der Waals surface area contributed by atoms with Gasteiger partial charge in [-0.2, -0.15) is 0 Å². The maximum atomic E-state index is 6.59. The van der Waals surface area contributed by atoms with Gasteiger partial charge in [0.25, 0.3) is 0 Å². The van der Waals surface area contributed by atoms with Crippen molar-refractivity contribution >= 4 is 17.0 Å². The van der Waals surface area contributed by atoms with Crippen molar-refractivity contribution in [2.45, 2.75) is 51.0 Å². The Bertz CT molecular complexity index is 1600. The van der Waals surface area contributed by atoms with E-state index >= 15 is 0 Å². The van der Waals surface area contributed by atoms with Crippen LogP contribution in [0.4, 0.5) is 5.82 Å². The molecule has 5 aromatic rings. The molecule has 37 heavy (non-hydrogen) atoms. The molecule has 3 aromatic heterocycles. The molecule has 0 saturated heterocycles. The summed E-state index contributed by atoms with van der Waals surface area (Å²) < 4.78 is 2.08. The molecule has 0 radical (unpaired) electrons. The van der Waals surface area contributed by atoms with Gasteiger partial charge in [0, 0.05) is 23.0 Å². The van der Waals surface area contributed by atoms with Gasteiger partial charge in [0.1, 0.15) is 11.3 Å². The van der Waals surface area contributed by atoms with Crippen molar-refractivity contribution in [3.8, 4) is 28.3 Å². The van der Waals surface area contributed by atoms with Crippen LogP contribution < -0.4 is 11.5 Å². The van der Waals surface area contributed by atoms with Gasteiger partial charge < -0.3 is 11.5 Å². The number of benzene rings is 2. The summed E-state index contributed by atoms with van der Waals surface area (Å²) in [7, 11) is 0. The number of nitrogen functional groups attached to an aromatic ring is 1. The first-order valence-electron chi connectivity index (χ1n) is 12.8. The van der Waals surface area contributed by atoms with Crippen LogP contribution in [0.5, 0.6) is 0 Å². The molecule has 6 nitrogen and oxygen atoms in total. The van der Waals surface area contributed by atoms with Gasteiger partial charge >= 0.3 is 0 Å². The van der Waals surface area contributed by atoms with Gasteiger partial charge in [-0.05, 0) is 78.3 Å². The molecule has 186 valence electrons. The van der Waals surface area contributed by atoms with E-state index in [1.807, 2.05) is 24.3 Å². The fourth-order valence-corrected chi connectivity index (χ4v) is 5.08. The summed E-state index contributed by atoms with van der Waals surface area (Å²) in [6.45, 7) is 6.67. The van der Waals surface area contributed by atoms with Gasteiger partial charge in [0.2, 0.25) is 0 Å². The zero-order chi connectivity index (χ0) is 25.8. The molecule has 0 spiro atoms. The predicted molar refractivity (Wildman–Crippen MR) is 150 cm³/mol. The first kappa shape index (κ1) is 23.4. The fourth-order valence-electron chi connectivity index (χ4n) is 5.08. The second-order valence-corrected chi connectivity index (χ2v) is 11.1. The van der Waals surface area contributed by atoms with Crippen molar-refractivity contribution in [1.82, 2.24) is 19.5 Å². The maximum Gasteiger partial charge on any atom is 0.165 e. The van der Waals surface area contributed by atoms with E-state index in [2.05, 4.69) is 78.9 Å². The average Bonchev–Trinajstić information content (AvgIpc) is 3.26. The lowest BCUT2D eigenvalue weighted by Gasteiger charge is -2.38. The standard InChI is InChI=1S/C31H32N6/c1-30(2,3)22-8-4-7-20(19-22)25-14-15-26-29(35-25)37(28(36-26)24-9-5-18-34-27(24)32)23-12-10-21(11-13-23)31(33)16-6-17-31/h4-5,7-15,18-19H,6,16-17,33H2,1-3H3,(H2,32,34). The number of imidazole rings is 1. The lowest BCUT2D eigenvalue weighted by atomic mass is 9.73. The Morgan fingerprint density at radius 3 is 2.35 bits per heavy atom. The third-order valence-corrected chi connectivity index (χ3v) is 7.55. The minimum Gasteiger partial charge on any atom is -0.383 e. The van der Waals surface area contributed by atoms with Gasteiger partial charge in [-0.25, -0.2) is 15.0 Å². The largest absolute Gasteiger partial charge is 0.383 e. The van der Waals surface area contributed by atoms with Crippen LogP contribution in [-0.2, 0) is 11.0 Å². The summed E-state index contributed by atoms with van der Waals surface area (Å²) in [5, 5.41) is 0. The van der Waals surface area contributed by atoms with Crippen molar-refractivity contribution in [1.29, 1.82) is 0 Å². The number of hydrogen-bond acceptors (Lipinski definition) is 5. The van der Waals surface area contributed by atoms with E-state index in [1.54, 1.807) is 6.20 Å². The quantitative estimate of drug-likeness (QED) is 0.307. The van der Waals surface area contributed by atoms with Gasteiger partial charge in [-0.1, -0.05) is 51.1 Å². The summed E-state index contributed by atoms with van der Waals surface area (Å²) in [4.78, 5) is 14.4. The third-order valence-electron chi connectivity index (χ3n) is 7.55. The number of hydrogen-bond donors (Lipinski definition) is 2. The van der Waals surface area contributed by atoms with Gasteiger partial charge in [0.05, 0.1) is 11.3 Å². The van der Waals surface area contributed by atoms with Crippen LogP contribution in [0.25, 0.3) is 39.5 Å². The predicted octanol–water partition coefficient (Wildman–Crippen LogP) is 6.37. The maximum absolute atomic E-state index is 6.59. The minimum atomic E-state index is -0.213. The Hall–Kier alpha value is -4.03. The minimum absolute atomic E-state index is 0.0510. The number of rotatable bonds is 4. The lowest BCUT2D eigenvalue weighted by Crippen LogP contribution is -2.43. The summed E-state index contributed by atoms with van der Waals surface area (Å²) in [6, 6.07) is 25.0. The second-order valence-electron chi connectivity index (χ2n) is 11.1. The van der Waals surface area contributed by atoms with E-state index < -0.39 is 0 Å². The molecule has 3 heterocycles. The number of pyridine rings is 2. The Labute approximate surface area is 217 Å². The van der Waals surface area contributed by atoms with Gasteiger partial charge in [0.15, 0.2) is 11.5 Å². The van der Waals surface area contributed by atoms with Crippen LogP contribution in [0.3, 0.4) is 0 Å². The molecule has 6 heteroatoms. The van der Waals surface area contributed by atoms with Crippen LogP contribution in [-0.4, -0.2) is 19.5 Å². The molecule has 2 aromatic carbocycles. The highest BCUT2D eigenvalue weighted by atomic mass is 15.1. The molecule has 1 aliphatic carbocycles.